The van der Waals surface area contributed by atoms with Gasteiger partial charge in [0.15, 0.2) is 0 Å². The first kappa shape index (κ1) is 23.0. The molecule has 0 saturated carbocycles. The van der Waals surface area contributed by atoms with Crippen LogP contribution in [-0.4, -0.2) is 50.1 Å². The minimum atomic E-state index is 0. The lowest BCUT2D eigenvalue weighted by molar-refractivity contribution is -0.125. The number of carbonyl (C=O) groups excluding carboxylic acids is 1. The molecule has 0 radical (unpaired) electrons. The average molecular weight is 368 g/mol. The van der Waals surface area contributed by atoms with Gasteiger partial charge in [0.2, 0.25) is 5.91 Å². The molecule has 2 saturated heterocycles. The minimum absolute atomic E-state index is 0. The molecule has 1 atom stereocenters. The molecule has 2 N–H and O–H groups in total. The largest absolute Gasteiger partial charge is 0.356 e. The van der Waals surface area contributed by atoms with E-state index in [2.05, 4.69) is 29.4 Å². The molecule has 6 heteroatoms. The van der Waals surface area contributed by atoms with Crippen LogP contribution >= 0.6 is 24.8 Å². The van der Waals surface area contributed by atoms with Crippen LogP contribution in [0.15, 0.2) is 0 Å². The third kappa shape index (κ3) is 8.57. The van der Waals surface area contributed by atoms with Gasteiger partial charge in [-0.3, -0.25) is 4.79 Å². The van der Waals surface area contributed by atoms with Crippen molar-refractivity contribution < 1.29 is 4.79 Å². The van der Waals surface area contributed by atoms with E-state index in [1.807, 2.05) is 0 Å². The topological polar surface area (TPSA) is 44.4 Å². The maximum atomic E-state index is 12.1. The van der Waals surface area contributed by atoms with Gasteiger partial charge in [0.1, 0.15) is 0 Å². The van der Waals surface area contributed by atoms with E-state index in [1.165, 1.54) is 38.9 Å². The second kappa shape index (κ2) is 12.3. The van der Waals surface area contributed by atoms with Crippen molar-refractivity contribution in [2.45, 2.75) is 46.0 Å². The fourth-order valence-corrected chi connectivity index (χ4v) is 3.32. The molecule has 138 valence electrons. The Labute approximate surface area is 154 Å². The van der Waals surface area contributed by atoms with Crippen molar-refractivity contribution in [3.05, 3.63) is 0 Å². The monoisotopic (exact) mass is 367 g/mol. The second-order valence-electron chi connectivity index (χ2n) is 7.26. The predicted octanol–water partition coefficient (Wildman–Crippen LogP) is 2.70. The Morgan fingerprint density at radius 2 is 1.91 bits per heavy atom. The number of hydrogen-bond donors (Lipinski definition) is 2. The predicted molar refractivity (Wildman–Crippen MR) is 102 cm³/mol. The number of amides is 1. The number of piperidine rings is 2. The van der Waals surface area contributed by atoms with Crippen molar-refractivity contribution in [3.63, 3.8) is 0 Å². The van der Waals surface area contributed by atoms with E-state index in [0.29, 0.717) is 5.92 Å². The van der Waals surface area contributed by atoms with Crippen LogP contribution in [0.1, 0.15) is 46.0 Å². The average Bonchev–Trinajstić information content (AvgIpc) is 2.52. The normalized spacial score (nSPS) is 23.0. The van der Waals surface area contributed by atoms with Gasteiger partial charge in [-0.15, -0.1) is 24.8 Å². The summed E-state index contributed by atoms with van der Waals surface area (Å²) in [7, 11) is 0. The first-order valence-corrected chi connectivity index (χ1v) is 8.86. The lowest BCUT2D eigenvalue weighted by Crippen LogP contribution is -2.43. The Kier molecular flexibility index (Phi) is 12.3. The summed E-state index contributed by atoms with van der Waals surface area (Å²) in [5.74, 6) is 1.95. The molecule has 2 rings (SSSR count). The summed E-state index contributed by atoms with van der Waals surface area (Å²) in [5, 5.41) is 6.50. The van der Waals surface area contributed by atoms with E-state index >= 15 is 0 Å². The number of hydrogen-bond acceptors (Lipinski definition) is 3. The van der Waals surface area contributed by atoms with Gasteiger partial charge < -0.3 is 15.5 Å². The molecular weight excluding hydrogens is 333 g/mol. The zero-order valence-corrected chi connectivity index (χ0v) is 16.3. The minimum Gasteiger partial charge on any atom is -0.356 e. The van der Waals surface area contributed by atoms with Gasteiger partial charge in [-0.2, -0.15) is 0 Å². The lowest BCUT2D eigenvalue weighted by Gasteiger charge is -2.32. The van der Waals surface area contributed by atoms with E-state index in [1.54, 1.807) is 0 Å². The van der Waals surface area contributed by atoms with Gasteiger partial charge in [0, 0.05) is 13.1 Å². The number of likely N-dealkylation sites (tertiary alicyclic amines) is 1. The highest BCUT2D eigenvalue weighted by atomic mass is 35.5. The van der Waals surface area contributed by atoms with Crippen molar-refractivity contribution >= 4 is 30.7 Å². The molecule has 0 aromatic carbocycles. The van der Waals surface area contributed by atoms with Gasteiger partial charge in [-0.05, 0) is 70.1 Å². The van der Waals surface area contributed by atoms with Crippen LogP contribution in [-0.2, 0) is 4.79 Å². The molecule has 4 nitrogen and oxygen atoms in total. The third-order valence-electron chi connectivity index (χ3n) is 4.96. The van der Waals surface area contributed by atoms with Crippen molar-refractivity contribution in [2.75, 3.05) is 39.3 Å². The first-order chi connectivity index (χ1) is 10.1. The van der Waals surface area contributed by atoms with E-state index in [0.717, 1.165) is 38.4 Å². The molecule has 0 spiro atoms. The molecule has 1 unspecified atom stereocenters. The van der Waals surface area contributed by atoms with E-state index in [4.69, 9.17) is 0 Å². The zero-order valence-electron chi connectivity index (χ0n) is 14.7. The SMILES string of the molecule is CC(C)CCN1CCC(CNC(=O)C2CCCNC2)CC1.Cl.Cl. The summed E-state index contributed by atoms with van der Waals surface area (Å²) in [4.78, 5) is 14.7. The highest BCUT2D eigenvalue weighted by Gasteiger charge is 2.23. The fourth-order valence-electron chi connectivity index (χ4n) is 3.32. The van der Waals surface area contributed by atoms with Crippen LogP contribution in [0, 0.1) is 17.8 Å². The Hall–Kier alpha value is -0.0300. The summed E-state index contributed by atoms with van der Waals surface area (Å²) >= 11 is 0. The van der Waals surface area contributed by atoms with Gasteiger partial charge >= 0.3 is 0 Å². The molecule has 0 bridgehead atoms. The number of carbonyl (C=O) groups is 1. The van der Waals surface area contributed by atoms with Gasteiger partial charge in [-0.1, -0.05) is 13.8 Å². The van der Waals surface area contributed by atoms with Crippen LogP contribution < -0.4 is 10.6 Å². The molecule has 0 aliphatic carbocycles. The second-order valence-corrected chi connectivity index (χ2v) is 7.26. The van der Waals surface area contributed by atoms with Gasteiger partial charge in [0.05, 0.1) is 5.92 Å². The summed E-state index contributed by atoms with van der Waals surface area (Å²) in [5.41, 5.74) is 0. The standard InChI is InChI=1S/C17H33N3O.2ClH/c1-14(2)5-9-20-10-6-15(7-11-20)12-19-17(21)16-4-3-8-18-13-16;;/h14-16,18H,3-13H2,1-2H3,(H,19,21);2*1H. The van der Waals surface area contributed by atoms with Gasteiger partial charge in [-0.25, -0.2) is 0 Å². The summed E-state index contributed by atoms with van der Waals surface area (Å²) < 4.78 is 0. The summed E-state index contributed by atoms with van der Waals surface area (Å²) in [6.07, 6.45) is 5.96. The lowest BCUT2D eigenvalue weighted by atomic mass is 9.95. The van der Waals surface area contributed by atoms with Crippen molar-refractivity contribution in [3.8, 4) is 0 Å². The maximum absolute atomic E-state index is 12.1. The van der Waals surface area contributed by atoms with Crippen LogP contribution in [0.4, 0.5) is 0 Å². The molecule has 2 aliphatic heterocycles. The molecule has 0 aromatic rings. The summed E-state index contributed by atoms with van der Waals surface area (Å²) in [6.45, 7) is 11.1. The molecule has 1 amide bonds. The third-order valence-corrected chi connectivity index (χ3v) is 4.96. The molecule has 2 heterocycles. The Bertz CT molecular complexity index is 315. The maximum Gasteiger partial charge on any atom is 0.224 e. The molecule has 0 aromatic heterocycles. The van der Waals surface area contributed by atoms with Crippen molar-refractivity contribution in [1.82, 2.24) is 15.5 Å². The smallest absolute Gasteiger partial charge is 0.224 e. The van der Waals surface area contributed by atoms with Crippen molar-refractivity contribution in [2.24, 2.45) is 17.8 Å². The van der Waals surface area contributed by atoms with E-state index < -0.39 is 0 Å². The molecule has 2 fully saturated rings. The molecule has 23 heavy (non-hydrogen) atoms. The van der Waals surface area contributed by atoms with Crippen molar-refractivity contribution in [1.29, 1.82) is 0 Å². The highest BCUT2D eigenvalue weighted by Crippen LogP contribution is 2.18. The van der Waals surface area contributed by atoms with Crippen LogP contribution in [0.3, 0.4) is 0 Å². The van der Waals surface area contributed by atoms with Gasteiger partial charge in [0.25, 0.3) is 0 Å². The Morgan fingerprint density at radius 1 is 1.22 bits per heavy atom. The van der Waals surface area contributed by atoms with Crippen LogP contribution in [0.25, 0.3) is 0 Å². The first-order valence-electron chi connectivity index (χ1n) is 8.86. The Morgan fingerprint density at radius 3 is 2.48 bits per heavy atom. The van der Waals surface area contributed by atoms with E-state index in [-0.39, 0.29) is 36.6 Å². The number of nitrogens with one attached hydrogen (secondary N) is 2. The fraction of sp³-hybridized carbons (Fsp3) is 0.941. The number of rotatable bonds is 6. The quantitative estimate of drug-likeness (QED) is 0.758. The number of halogens is 2. The summed E-state index contributed by atoms with van der Waals surface area (Å²) in [6, 6.07) is 0. The Balaban J connectivity index is 0.00000242. The molecule has 2 aliphatic rings. The highest BCUT2D eigenvalue weighted by molar-refractivity contribution is 5.85. The zero-order chi connectivity index (χ0) is 15.1. The van der Waals surface area contributed by atoms with E-state index in [9.17, 15) is 4.79 Å². The molecular formula is C17H35Cl2N3O. The van der Waals surface area contributed by atoms with Crippen LogP contribution in [0.2, 0.25) is 0 Å². The van der Waals surface area contributed by atoms with Crippen LogP contribution in [0.5, 0.6) is 0 Å². The number of nitrogens with zero attached hydrogens (tertiary/aromatic N) is 1.